The molecule has 4 saturated heterocycles. The Hall–Kier alpha value is -11.9. The molecule has 22 rings (SSSR count). The van der Waals surface area contributed by atoms with Crippen molar-refractivity contribution in [2.75, 3.05) is 57.3 Å². The first-order chi connectivity index (χ1) is 60.5. The van der Waals surface area contributed by atoms with E-state index in [-0.39, 0.29) is 78.3 Å². The largest absolute Gasteiger partial charge is 0.444 e. The van der Waals surface area contributed by atoms with E-state index in [1.165, 1.54) is 44.7 Å². The molecule has 2 amide bonds. The molecule has 4 unspecified atom stereocenters. The molecule has 0 bridgehead atoms. The smallest absolute Gasteiger partial charge is 0.410 e. The average Bonchev–Trinajstić information content (AvgIpc) is 1.57. The quantitative estimate of drug-likeness (QED) is 0.107. The molecule has 4 saturated carbocycles. The number of amides is 2. The highest BCUT2D eigenvalue weighted by molar-refractivity contribution is 9.10. The van der Waals surface area contributed by atoms with Gasteiger partial charge in [-0.2, -0.15) is 19.9 Å². The molecule has 41 heteroatoms. The molecule has 8 fully saturated rings. The monoisotopic (exact) mass is 1870 g/mol. The van der Waals surface area contributed by atoms with Crippen molar-refractivity contribution < 1.29 is 37.2 Å². The van der Waals surface area contributed by atoms with Crippen molar-refractivity contribution in [2.45, 2.75) is 130 Å². The maximum atomic E-state index is 12.8. The Labute approximate surface area is 753 Å². The topological polar surface area (TPSA) is 432 Å². The van der Waals surface area contributed by atoms with Gasteiger partial charge >= 0.3 is 12.2 Å². The van der Waals surface area contributed by atoms with Crippen LogP contribution in [-0.4, -0.2) is 185 Å². The van der Waals surface area contributed by atoms with Gasteiger partial charge in [-0.3, -0.25) is 52.8 Å². The van der Waals surface area contributed by atoms with Gasteiger partial charge in [0.05, 0.1) is 93.7 Å². The number of H-pyrrole nitrogens is 1. The van der Waals surface area contributed by atoms with Crippen molar-refractivity contribution in [1.29, 1.82) is 0 Å². The lowest BCUT2D eigenvalue weighted by Gasteiger charge is -2.25. The second-order valence-electron chi connectivity index (χ2n) is 34.6. The van der Waals surface area contributed by atoms with Gasteiger partial charge in [0.25, 0.3) is 22.2 Å². The van der Waals surface area contributed by atoms with Gasteiger partial charge in [0.15, 0.2) is 23.3 Å². The molecule has 8 aliphatic rings. The number of hydrogen-bond acceptors (Lipinski definition) is 30. The highest BCUT2D eigenvalue weighted by atomic mass is 79.9. The Kier molecular flexibility index (Phi) is 25.4. The number of hydrogen-bond donors (Lipinski definition) is 2. The molecule has 2 aromatic carbocycles. The van der Waals surface area contributed by atoms with Crippen LogP contribution in [0.5, 0.6) is 0 Å². The van der Waals surface area contributed by atoms with Crippen molar-refractivity contribution in [2.24, 2.45) is 47.3 Å². The summed E-state index contributed by atoms with van der Waals surface area (Å²) in [5.41, 5.74) is 5.32. The van der Waals surface area contributed by atoms with Gasteiger partial charge in [0, 0.05) is 108 Å². The first-order valence-electron chi connectivity index (χ1n) is 41.1. The fourth-order valence-electron chi connectivity index (χ4n) is 17.3. The number of carbonyl (C=O) groups is 2. The summed E-state index contributed by atoms with van der Waals surface area (Å²) in [6, 6.07) is 15.4. The number of anilines is 1. The Morgan fingerprint density at radius 3 is 1.11 bits per heavy atom. The number of piperidine rings is 4. The zero-order valence-electron chi connectivity index (χ0n) is 70.6. The third kappa shape index (κ3) is 19.5. The van der Waals surface area contributed by atoms with Gasteiger partial charge in [0.1, 0.15) is 36.7 Å². The summed E-state index contributed by atoms with van der Waals surface area (Å²) in [6.45, 7) is 25.9. The second kappa shape index (κ2) is 36.5. The minimum atomic E-state index is -0.503. The molecule has 12 aromatic heterocycles. The lowest BCUT2D eigenvalue weighted by molar-refractivity contribution is 0.0260. The number of aromatic amines is 1. The molecule has 14 aromatic rings. The lowest BCUT2D eigenvalue weighted by Crippen LogP contribution is -2.36. The predicted octanol–water partition coefficient (Wildman–Crippen LogP) is 12.1. The van der Waals surface area contributed by atoms with Crippen LogP contribution in [0.3, 0.4) is 0 Å². The van der Waals surface area contributed by atoms with Crippen LogP contribution in [0.25, 0.3) is 43.6 Å². The van der Waals surface area contributed by atoms with E-state index in [0.29, 0.717) is 164 Å². The molecule has 0 radical (unpaired) electrons. The molecule has 660 valence electrons. The molecule has 4 aliphatic carbocycles. The summed E-state index contributed by atoms with van der Waals surface area (Å²) in [7, 11) is 0. The summed E-state index contributed by atoms with van der Waals surface area (Å²) < 4.78 is 37.6. The fourth-order valence-corrected chi connectivity index (χ4v) is 18.0. The van der Waals surface area contributed by atoms with Crippen LogP contribution in [0.1, 0.15) is 134 Å². The lowest BCUT2D eigenvalue weighted by atomic mass is 10.2. The Morgan fingerprint density at radius 1 is 0.449 bits per heavy atom. The summed E-state index contributed by atoms with van der Waals surface area (Å²) >= 11 is 20.5. The summed E-state index contributed by atoms with van der Waals surface area (Å²) in [6.07, 6.45) is 18.3. The normalized spacial score (nSPS) is 21.7. The fraction of sp³-hybridized carbons (Fsp3) is 0.419. The maximum absolute atomic E-state index is 12.8. The number of aromatic nitrogens is 20. The van der Waals surface area contributed by atoms with Crippen LogP contribution in [0, 0.1) is 75.0 Å². The van der Waals surface area contributed by atoms with Crippen LogP contribution in [0.4, 0.5) is 15.3 Å². The van der Waals surface area contributed by atoms with Crippen molar-refractivity contribution in [1.82, 2.24) is 114 Å². The van der Waals surface area contributed by atoms with Crippen molar-refractivity contribution in [3.63, 3.8) is 0 Å². The number of fused-ring (bicyclic) bond motifs is 8. The van der Waals surface area contributed by atoms with Crippen LogP contribution in [-0.2, 0) is 35.0 Å². The van der Waals surface area contributed by atoms with Crippen molar-refractivity contribution in [3.05, 3.63) is 248 Å². The third-order valence-electron chi connectivity index (χ3n) is 23.7. The minimum absolute atomic E-state index is 0. The first-order valence-corrected chi connectivity index (χ1v) is 43.2. The molecule has 127 heavy (non-hydrogen) atoms. The van der Waals surface area contributed by atoms with Gasteiger partial charge in [-0.15, -0.1) is 24.0 Å². The van der Waals surface area contributed by atoms with E-state index in [9.17, 15) is 28.8 Å². The average molecular weight is 1870 g/mol. The Balaban J connectivity index is 0.000000117. The number of nitrogens with one attached hydrogen (secondary N) is 2. The number of alkyl halides is 1. The summed E-state index contributed by atoms with van der Waals surface area (Å²) in [5.74, 6) is 9.78. The number of likely N-dealkylation sites (tertiary alicyclic amines) is 2. The highest BCUT2D eigenvalue weighted by Crippen LogP contribution is 2.60. The number of carbonyl (C=O) groups excluding carboxylic acids is 2. The van der Waals surface area contributed by atoms with Gasteiger partial charge in [-0.25, -0.2) is 29.5 Å². The number of benzene rings is 2. The summed E-state index contributed by atoms with van der Waals surface area (Å²) in [4.78, 5) is 133. The van der Waals surface area contributed by atoms with E-state index in [2.05, 4.69) is 124 Å². The van der Waals surface area contributed by atoms with Gasteiger partial charge in [0.2, 0.25) is 23.6 Å². The van der Waals surface area contributed by atoms with Gasteiger partial charge in [-0.1, -0.05) is 59.8 Å². The van der Waals surface area contributed by atoms with Crippen LogP contribution in [0.15, 0.2) is 165 Å². The van der Waals surface area contributed by atoms with Gasteiger partial charge in [-0.05, 0) is 200 Å². The first kappa shape index (κ1) is 88.5. The Bertz CT molecular complexity index is 6600. The zero-order chi connectivity index (χ0) is 88.3. The predicted molar refractivity (Wildman–Crippen MR) is 472 cm³/mol. The molecule has 4 aliphatic heterocycles. The molecular weight excluding hydrogens is 1780 g/mol. The molecule has 2 N–H and O–H groups in total. The number of halogens is 5. The van der Waals surface area contributed by atoms with E-state index in [1.54, 1.807) is 59.4 Å². The van der Waals surface area contributed by atoms with E-state index in [1.807, 2.05) is 106 Å². The number of aryl methyl sites for hydroxylation is 4. The zero-order valence-corrected chi connectivity index (χ0v) is 75.3. The molecule has 16 heterocycles. The van der Waals surface area contributed by atoms with E-state index >= 15 is 0 Å². The summed E-state index contributed by atoms with van der Waals surface area (Å²) in [5, 5.41) is 23.6. The molecule has 12 atom stereocenters. The molecular formula is C86H89BrCl4N24O12. The maximum Gasteiger partial charge on any atom is 0.410 e. The second-order valence-corrected chi connectivity index (χ2v) is 36.7. The molecule has 36 nitrogen and oxygen atoms in total. The number of ether oxygens (including phenoxy) is 2. The van der Waals surface area contributed by atoms with E-state index in [0.717, 1.165) is 80.4 Å². The Morgan fingerprint density at radius 2 is 0.772 bits per heavy atom. The van der Waals surface area contributed by atoms with Crippen molar-refractivity contribution in [3.8, 4) is 0 Å². The highest BCUT2D eigenvalue weighted by Gasteiger charge is 2.62. The van der Waals surface area contributed by atoms with Crippen molar-refractivity contribution >= 4 is 125 Å². The van der Waals surface area contributed by atoms with Crippen LogP contribution in [0.2, 0.25) is 10.0 Å². The number of rotatable bonds is 12. The van der Waals surface area contributed by atoms with Gasteiger partial charge < -0.3 is 52.6 Å². The number of pyridine rings is 4. The molecule has 0 spiro atoms. The SMILES string of the molecule is CC(C)(C)OC(=O)N1C[C@@H]2C(c3noc(CCl)n3)[C@@H]2C1.Cc1cncc2nc[nH]c(=O)c12.Cc1cncc2ncn(Cc3nc(C4[C@H]5CN(C(=O)OC(C)(C)C)C[C@@H]45)no3)c(=O)c12.Cc1cncc2ncn(Cc3nc(C4[C@H]5CN(c6ccc(Cl)cc6)C[C@@H]45)no3)c(=O)c12.Cc1cncc2ncn(Cc3nc(C4[C@H]5CNC[C@@H]45)no3)c(=O)c12.Cl.Clc1ccc(Br)cc1. The standard InChI is InChI=1S/C22H19ClN6O2.C21H24N6O4.C16H16N6O2.C13H18ClN3O3.C8H7N3O.C6H4BrCl.ClH/c1-12-6-24-7-17-19(12)22(30)29(11-25-17)10-18-26-21(27-31-18)20-15-8-28(9-16(15)20)14-4-2-13(23)3-5-14;1-11-5-22-6-14-16(11)19(28)27(10-23-14)9-15-24-18(25-31-15)17-12-7-26(8-13(12)17)20(29)30-21(2,3)4;1-8-2-17-5-11-13(8)16(23)22(7-19-11)6-12-20-15(21-24-12)14-9-3-18-4-10(9)14;1-13(2,3)19-12(18)17-5-7-8(6-17)10(7)11-15-9(4-14)20-16-11;1-5-2-9-3-6-7(5)8(12)11-4-10-6;7-5-1-3-6(8)4-2-5;/h2-7,11,15-16,20H,8-10H2,1H3;5-6,10,12-13,17H,7-9H2,1-4H3;2,5,7,9-10,14,18H,3-4,6H2,1H3;7-8,10H,4-6H2,1-3H3;2-4H,1H3,(H,10,11,12);1-4H;1H/t15-,16+,20?;12-,13+,17?;9-,10+,14?;7-,8+,10?;;;. The van der Waals surface area contributed by atoms with E-state index < -0.39 is 11.2 Å². The van der Waals surface area contributed by atoms with E-state index in [4.69, 9.17) is 62.4 Å². The van der Waals surface area contributed by atoms with Crippen LogP contribution >= 0.6 is 63.1 Å². The third-order valence-corrected chi connectivity index (χ3v) is 24.9. The minimum Gasteiger partial charge on any atom is -0.444 e. The number of nitrogens with zero attached hydrogens (tertiary/aromatic N) is 22. The van der Waals surface area contributed by atoms with Crippen LogP contribution < -0.4 is 32.5 Å².